The molecule has 17 N–H and O–H groups in total. The Morgan fingerprint density at radius 1 is 0.500 bits per heavy atom. The van der Waals surface area contributed by atoms with E-state index in [0.29, 0.717) is 19.3 Å². The van der Waals surface area contributed by atoms with Crippen LogP contribution in [0.5, 0.6) is 0 Å². The number of aliphatic hydroxyl groups excluding tert-OH is 3. The predicted molar refractivity (Wildman–Crippen MR) is 440 cm³/mol. The normalized spacial score (nSPS) is 19.1. The van der Waals surface area contributed by atoms with Crippen LogP contribution in [0.1, 0.15) is 200 Å². The van der Waals surface area contributed by atoms with Gasteiger partial charge in [-0.05, 0) is 159 Å². The van der Waals surface area contributed by atoms with Crippen LogP contribution in [-0.2, 0) is 94.3 Å². The van der Waals surface area contributed by atoms with Gasteiger partial charge in [-0.25, -0.2) is 0 Å². The monoisotopic (exact) mass is 1680 g/mol. The molecule has 3 aliphatic rings. The van der Waals surface area contributed by atoms with E-state index in [1.165, 1.54) is 116 Å². The van der Waals surface area contributed by atoms with Gasteiger partial charge in [0.05, 0.1) is 31.4 Å². The third-order valence-corrected chi connectivity index (χ3v) is 22.3. The van der Waals surface area contributed by atoms with E-state index in [9.17, 15) is 96.8 Å². The van der Waals surface area contributed by atoms with Crippen LogP contribution in [0.3, 0.4) is 0 Å². The number of hydrogen-bond donors (Lipinski definition) is 16. The number of nitrogens with zero attached hydrogens (tertiary/aromatic N) is 4. The maximum absolute atomic E-state index is 14.9. The van der Waals surface area contributed by atoms with Gasteiger partial charge in [-0.1, -0.05) is 88.4 Å². The van der Waals surface area contributed by atoms with Crippen molar-refractivity contribution in [3.05, 3.63) is 71.8 Å². The smallest absolute Gasteiger partial charge is 0.248 e. The van der Waals surface area contributed by atoms with Crippen LogP contribution in [0.25, 0.3) is 0 Å². The third kappa shape index (κ3) is 26.4. The van der Waals surface area contributed by atoms with E-state index in [4.69, 9.17) is 5.73 Å². The number of aliphatic hydroxyl groups is 3. The first kappa shape index (κ1) is 99.9. The lowest BCUT2D eigenvalue weighted by Crippen LogP contribution is -2.68. The second-order valence-corrected chi connectivity index (χ2v) is 35.6. The molecule has 0 aromatic heterocycles. The molecule has 17 amide bonds. The minimum absolute atomic E-state index is 0.00843. The van der Waals surface area contributed by atoms with Gasteiger partial charge in [-0.15, -0.1) is 0 Å². The number of amides is 17. The Labute approximate surface area is 701 Å². The van der Waals surface area contributed by atoms with Crippen LogP contribution in [0.15, 0.2) is 60.7 Å². The molecule has 0 aliphatic carbocycles. The van der Waals surface area contributed by atoms with Crippen molar-refractivity contribution in [3.8, 4) is 0 Å². The van der Waals surface area contributed by atoms with Gasteiger partial charge >= 0.3 is 0 Å². The summed E-state index contributed by atoms with van der Waals surface area (Å²) in [6.45, 7) is 25.3. The Morgan fingerprint density at radius 2 is 0.950 bits per heavy atom. The highest BCUT2D eigenvalue weighted by Crippen LogP contribution is 2.32. The fourth-order valence-electron chi connectivity index (χ4n) is 14.1. The molecule has 666 valence electrons. The minimum atomic E-state index is -1.91. The highest BCUT2D eigenvalue weighted by molar-refractivity contribution is 6.04. The summed E-state index contributed by atoms with van der Waals surface area (Å²) in [6.07, 6.45) is -3.08. The van der Waals surface area contributed by atoms with E-state index in [1.807, 2.05) is 30.3 Å². The number of β-amino-alcohol motifs (C(OH)–C–C–N with tert-alkyl or cyclic N) is 2. The third-order valence-electron chi connectivity index (χ3n) is 22.3. The maximum Gasteiger partial charge on any atom is 0.248 e. The molecule has 5 rings (SSSR count). The average Bonchev–Trinajstić information content (AvgIpc) is 1.58. The first-order valence-electron chi connectivity index (χ1n) is 40.7. The molecule has 120 heavy (non-hydrogen) atoms. The summed E-state index contributed by atoms with van der Waals surface area (Å²) in [4.78, 5) is 242. The highest BCUT2D eigenvalue weighted by atomic mass is 16.3. The number of nitrogens with one attached hydrogen (secondary N) is 12. The van der Waals surface area contributed by atoms with Gasteiger partial charge in [0.15, 0.2) is 0 Å². The largest absolute Gasteiger partial charge is 0.394 e. The molecule has 3 heterocycles. The van der Waals surface area contributed by atoms with Gasteiger partial charge < -0.3 is 104 Å². The van der Waals surface area contributed by atoms with Crippen LogP contribution in [0.2, 0.25) is 0 Å². The summed E-state index contributed by atoms with van der Waals surface area (Å²) in [5, 5.41) is 63.8. The summed E-state index contributed by atoms with van der Waals surface area (Å²) in [6, 6.07) is 9.61. The Morgan fingerprint density at radius 3 is 1.43 bits per heavy atom. The van der Waals surface area contributed by atoms with E-state index < -0.39 is 225 Å². The Kier molecular flexibility index (Phi) is 34.2. The van der Waals surface area contributed by atoms with E-state index in [2.05, 4.69) is 63.8 Å². The van der Waals surface area contributed by atoms with Crippen molar-refractivity contribution in [2.75, 3.05) is 39.8 Å². The van der Waals surface area contributed by atoms with Crippen LogP contribution >= 0.6 is 0 Å². The van der Waals surface area contributed by atoms with E-state index in [-0.39, 0.29) is 64.1 Å². The topological polar surface area (TPSA) is 534 Å². The Balaban J connectivity index is 1.19. The zero-order chi connectivity index (χ0) is 90.9. The molecule has 2 aromatic carbocycles. The molecule has 2 aromatic rings. The van der Waals surface area contributed by atoms with E-state index >= 15 is 0 Å². The molecule has 0 radical (unpaired) electrons. The summed E-state index contributed by atoms with van der Waals surface area (Å²) in [5.74, 6) is -13.8. The molecule has 0 spiro atoms. The second-order valence-electron chi connectivity index (χ2n) is 35.6. The molecular formula is C83H129N17O20. The Hall–Kier alpha value is -10.7. The second kappa shape index (κ2) is 41.0. The zero-order valence-electron chi connectivity index (χ0n) is 73.0. The van der Waals surface area contributed by atoms with Crippen molar-refractivity contribution in [2.45, 2.75) is 301 Å². The van der Waals surface area contributed by atoms with Crippen LogP contribution in [0.4, 0.5) is 0 Å². The van der Waals surface area contributed by atoms with Crippen molar-refractivity contribution in [3.63, 3.8) is 0 Å². The molecule has 3 aliphatic heterocycles. The summed E-state index contributed by atoms with van der Waals surface area (Å²) < 4.78 is 0. The average molecular weight is 1690 g/mol. The van der Waals surface area contributed by atoms with Crippen molar-refractivity contribution < 1.29 is 96.8 Å². The van der Waals surface area contributed by atoms with Crippen molar-refractivity contribution in [1.29, 1.82) is 0 Å². The molecule has 0 saturated carbocycles. The van der Waals surface area contributed by atoms with Gasteiger partial charge in [0.2, 0.25) is 100 Å². The van der Waals surface area contributed by atoms with Gasteiger partial charge in [-0.3, -0.25) is 81.5 Å². The number of hydrogen-bond acceptors (Lipinski definition) is 20. The number of nitrogens with two attached hydrogens (primary N) is 1. The zero-order valence-corrected chi connectivity index (χ0v) is 73.0. The minimum Gasteiger partial charge on any atom is -0.394 e. The number of carbonyl (C=O) groups excluding carboxylic acids is 17. The van der Waals surface area contributed by atoms with Crippen molar-refractivity contribution in [1.82, 2.24) is 83.4 Å². The lowest BCUT2D eigenvalue weighted by atomic mass is 9.93. The standard InChI is InChI=1S/C83H129N17O20/c1-21-82(18,96-71(116)79(12,13)94-70(115)78(10,11)93-68(113)76(6,7)91-64(109)56(86-48(5)102)40-50-32-27-24-28-33-50)72(117)85-43-61(106)88-55(38-47(3)4)63(108)90-77(8,9)69(114)95-80(14,15)73(118)99-44-52(103)41-58(99)66(111)89-54(35-36-60(84)105)62(107)92-83(19,22-2)75(120)100-45-53(104)42-59(100)67(112)97(20)81(16,17)74(119)98-37-29-34-57(98)65(110)87-51(46-101)39-49-30-25-23-26-31-49/h23-28,30-33,47,51-59,101,103-104H,21-22,29,34-46H2,1-20H3,(H2,84,105)(H,85,117)(H,86,102)(H,87,110)(H,88,106)(H,89,111)(H,90,108)(H,91,109)(H,92,107)(H,93,113)(H,94,115)(H,95,114)(H,96,116). The van der Waals surface area contributed by atoms with E-state index in [1.54, 1.807) is 58.0 Å². The molecular weight excluding hydrogens is 1560 g/mol. The van der Waals surface area contributed by atoms with Crippen LogP contribution in [0, 0.1) is 5.92 Å². The predicted octanol–water partition coefficient (Wildman–Crippen LogP) is -1.95. The number of likely N-dealkylation sites (N-methyl/N-ethyl adjacent to an activating group) is 1. The molecule has 0 bridgehead atoms. The molecule has 37 nitrogen and oxygen atoms in total. The number of rotatable bonds is 40. The van der Waals surface area contributed by atoms with Crippen molar-refractivity contribution in [2.24, 2.45) is 11.7 Å². The van der Waals surface area contributed by atoms with Gasteiger partial charge in [0.25, 0.3) is 0 Å². The molecule has 11 atom stereocenters. The molecule has 37 heteroatoms. The first-order chi connectivity index (χ1) is 55.4. The summed E-state index contributed by atoms with van der Waals surface area (Å²) >= 11 is 0. The Bertz CT molecular complexity index is 4120. The lowest BCUT2D eigenvalue weighted by Gasteiger charge is -2.42. The number of benzene rings is 2. The maximum atomic E-state index is 14.9. The molecule has 3 saturated heterocycles. The number of primary amides is 1. The number of likely N-dealkylation sites (tertiary alicyclic amines) is 3. The van der Waals surface area contributed by atoms with Crippen LogP contribution < -0.4 is 69.5 Å². The summed E-state index contributed by atoms with van der Waals surface area (Å²) in [5.41, 5.74) is -6.94. The van der Waals surface area contributed by atoms with E-state index in [0.717, 1.165) is 25.8 Å². The number of carbonyl (C=O) groups is 17. The van der Waals surface area contributed by atoms with Crippen molar-refractivity contribution >= 4 is 100 Å². The van der Waals surface area contributed by atoms with Gasteiger partial charge in [0.1, 0.15) is 80.6 Å². The van der Waals surface area contributed by atoms with Crippen LogP contribution in [-0.4, -0.2) is 274 Å². The summed E-state index contributed by atoms with van der Waals surface area (Å²) in [7, 11) is 1.36. The highest BCUT2D eigenvalue weighted by Gasteiger charge is 2.53. The fraction of sp³-hybridized carbons (Fsp3) is 0.651. The molecule has 3 fully saturated rings. The molecule has 11 unspecified atom stereocenters. The van der Waals surface area contributed by atoms with Gasteiger partial charge in [0, 0.05) is 59.3 Å². The quantitative estimate of drug-likeness (QED) is 0.0345. The first-order valence-corrected chi connectivity index (χ1v) is 40.7. The fourth-order valence-corrected chi connectivity index (χ4v) is 14.1. The lowest BCUT2D eigenvalue weighted by molar-refractivity contribution is -0.157. The van der Waals surface area contributed by atoms with Gasteiger partial charge in [-0.2, -0.15) is 0 Å². The SMILES string of the molecule is CCC(C)(NC(=O)C(C)(C)NC(=O)C(C)(C)NC(=O)C(C)(C)NC(=O)C(Cc1ccccc1)NC(C)=O)C(=O)NCC(=O)NC(CC(C)C)C(=O)NC(C)(C)C(=O)NC(C)(C)C(=O)N1CC(O)CC1C(=O)NC(CCC(N)=O)C(=O)NC(C)(CC)C(=O)N1CC(O)CC1C(=O)N(C)C(C)(C)C(=O)N1CCCC1C(=O)NC(CO)Cc1ccccc1.